The van der Waals surface area contributed by atoms with Gasteiger partial charge in [-0.2, -0.15) is 0 Å². The average Bonchev–Trinajstić information content (AvgIpc) is 2.53. The molecule has 5 nitrogen and oxygen atoms in total. The van der Waals surface area contributed by atoms with E-state index in [1.54, 1.807) is 42.6 Å². The molecular formula is C15H14N2O3. The number of aromatic nitrogens is 1. The normalized spacial score (nSPS) is 9.85. The highest BCUT2D eigenvalue weighted by Gasteiger charge is 2.13. The molecule has 0 fully saturated rings. The quantitative estimate of drug-likeness (QED) is 0.840. The molecule has 0 spiro atoms. The summed E-state index contributed by atoms with van der Waals surface area (Å²) in [5.41, 5.74) is 0.863. The summed E-state index contributed by atoms with van der Waals surface area (Å²) in [7, 11) is 1.50. The summed E-state index contributed by atoms with van der Waals surface area (Å²) >= 11 is 0. The van der Waals surface area contributed by atoms with Crippen molar-refractivity contribution < 1.29 is 14.3 Å². The molecule has 1 aromatic heterocycles. The molecular weight excluding hydrogens is 256 g/mol. The first-order chi connectivity index (χ1) is 9.72. The van der Waals surface area contributed by atoms with Crippen molar-refractivity contribution in [2.24, 2.45) is 0 Å². The molecule has 102 valence electrons. The number of Topliss-reactive ketones (excluding diaryl/α,β-unsaturated/α-hetero) is 1. The van der Waals surface area contributed by atoms with Crippen LogP contribution in [0.5, 0.6) is 5.75 Å². The number of benzene rings is 1. The molecule has 0 atom stereocenters. The molecule has 0 bridgehead atoms. The SMILES string of the molecule is COc1ccccc1C(=O)CNC(=O)c1cccnc1. The van der Waals surface area contributed by atoms with E-state index in [4.69, 9.17) is 4.74 Å². The lowest BCUT2D eigenvalue weighted by Gasteiger charge is -2.08. The number of rotatable bonds is 5. The first-order valence-corrected chi connectivity index (χ1v) is 6.07. The van der Waals surface area contributed by atoms with E-state index >= 15 is 0 Å². The Kier molecular flexibility index (Phi) is 4.44. The van der Waals surface area contributed by atoms with Crippen molar-refractivity contribution in [3.05, 3.63) is 59.9 Å². The third kappa shape index (κ3) is 3.20. The maximum Gasteiger partial charge on any atom is 0.253 e. The van der Waals surface area contributed by atoms with E-state index in [1.165, 1.54) is 13.3 Å². The Bertz CT molecular complexity index is 612. The second kappa shape index (κ2) is 6.47. The highest BCUT2D eigenvalue weighted by Crippen LogP contribution is 2.17. The fourth-order valence-corrected chi connectivity index (χ4v) is 1.73. The number of carbonyl (C=O) groups excluding carboxylic acids is 2. The predicted molar refractivity (Wildman–Crippen MR) is 73.9 cm³/mol. The van der Waals surface area contributed by atoms with Crippen LogP contribution in [-0.2, 0) is 0 Å². The Balaban J connectivity index is 2.01. The minimum atomic E-state index is -0.332. The van der Waals surface area contributed by atoms with Gasteiger partial charge in [0.25, 0.3) is 5.91 Å². The summed E-state index contributed by atoms with van der Waals surface area (Å²) in [6.07, 6.45) is 3.03. The molecule has 1 heterocycles. The van der Waals surface area contributed by atoms with Gasteiger partial charge in [-0.3, -0.25) is 14.6 Å². The van der Waals surface area contributed by atoms with Crippen molar-refractivity contribution in [3.8, 4) is 5.75 Å². The van der Waals surface area contributed by atoms with Crippen LogP contribution in [0.15, 0.2) is 48.8 Å². The van der Waals surface area contributed by atoms with Crippen LogP contribution in [0.3, 0.4) is 0 Å². The maximum atomic E-state index is 12.0. The minimum Gasteiger partial charge on any atom is -0.496 e. The van der Waals surface area contributed by atoms with Gasteiger partial charge in [-0.15, -0.1) is 0 Å². The summed E-state index contributed by atoms with van der Waals surface area (Å²) in [6, 6.07) is 10.2. The maximum absolute atomic E-state index is 12.0. The van der Waals surface area contributed by atoms with Crippen LogP contribution in [0.1, 0.15) is 20.7 Å². The molecule has 2 aromatic rings. The van der Waals surface area contributed by atoms with Gasteiger partial charge < -0.3 is 10.1 Å². The number of nitrogens with one attached hydrogen (secondary N) is 1. The molecule has 0 radical (unpaired) electrons. The molecule has 0 aliphatic rings. The zero-order valence-electron chi connectivity index (χ0n) is 11.0. The molecule has 20 heavy (non-hydrogen) atoms. The van der Waals surface area contributed by atoms with Crippen LogP contribution < -0.4 is 10.1 Å². The number of carbonyl (C=O) groups is 2. The van der Waals surface area contributed by atoms with Gasteiger partial charge in [0.15, 0.2) is 5.78 Å². The summed E-state index contributed by atoms with van der Waals surface area (Å²) in [5, 5.41) is 2.56. The largest absolute Gasteiger partial charge is 0.496 e. The number of pyridine rings is 1. The Morgan fingerprint density at radius 1 is 1.20 bits per heavy atom. The van der Waals surface area contributed by atoms with Gasteiger partial charge in [0.05, 0.1) is 24.8 Å². The smallest absolute Gasteiger partial charge is 0.253 e. The summed E-state index contributed by atoms with van der Waals surface area (Å²) in [4.78, 5) is 27.7. The van der Waals surface area contributed by atoms with Gasteiger partial charge in [0, 0.05) is 12.4 Å². The average molecular weight is 270 g/mol. The number of ether oxygens (including phenoxy) is 1. The number of hydrogen-bond acceptors (Lipinski definition) is 4. The van der Waals surface area contributed by atoms with Gasteiger partial charge >= 0.3 is 0 Å². The Morgan fingerprint density at radius 2 is 2.00 bits per heavy atom. The van der Waals surface area contributed by atoms with Crippen LogP contribution in [0.4, 0.5) is 0 Å². The molecule has 0 saturated heterocycles. The Morgan fingerprint density at radius 3 is 2.70 bits per heavy atom. The molecule has 0 saturated carbocycles. The van der Waals surface area contributed by atoms with Crippen molar-refractivity contribution in [3.63, 3.8) is 0 Å². The highest BCUT2D eigenvalue weighted by molar-refractivity contribution is 6.03. The van der Waals surface area contributed by atoms with Crippen LogP contribution in [0.2, 0.25) is 0 Å². The first kappa shape index (κ1) is 13.7. The van der Waals surface area contributed by atoms with Crippen LogP contribution >= 0.6 is 0 Å². The monoisotopic (exact) mass is 270 g/mol. The number of amides is 1. The Hall–Kier alpha value is -2.69. The molecule has 2 rings (SSSR count). The van der Waals surface area contributed by atoms with Crippen LogP contribution in [0.25, 0.3) is 0 Å². The topological polar surface area (TPSA) is 68.3 Å². The standard InChI is InChI=1S/C15H14N2O3/c1-20-14-7-3-2-6-12(14)13(18)10-17-15(19)11-5-4-8-16-9-11/h2-9H,10H2,1H3,(H,17,19). The third-order valence-corrected chi connectivity index (χ3v) is 2.74. The van der Waals surface area contributed by atoms with Crippen molar-refractivity contribution in [1.82, 2.24) is 10.3 Å². The number of ketones is 1. The van der Waals surface area contributed by atoms with Crippen molar-refractivity contribution in [2.75, 3.05) is 13.7 Å². The molecule has 1 aromatic carbocycles. The van der Waals surface area contributed by atoms with E-state index in [0.717, 1.165) is 0 Å². The van der Waals surface area contributed by atoms with Crippen molar-refractivity contribution in [1.29, 1.82) is 0 Å². The van der Waals surface area contributed by atoms with E-state index < -0.39 is 0 Å². The van der Waals surface area contributed by atoms with Crippen LogP contribution in [0, 0.1) is 0 Å². The van der Waals surface area contributed by atoms with Crippen molar-refractivity contribution >= 4 is 11.7 Å². The lowest BCUT2D eigenvalue weighted by atomic mass is 10.1. The van der Waals surface area contributed by atoms with Gasteiger partial charge in [0.1, 0.15) is 5.75 Å². The summed E-state index contributed by atoms with van der Waals surface area (Å²) in [6.45, 7) is -0.0892. The van der Waals surface area contributed by atoms with Gasteiger partial charge in [-0.25, -0.2) is 0 Å². The van der Waals surface area contributed by atoms with Gasteiger partial charge in [-0.05, 0) is 24.3 Å². The minimum absolute atomic E-state index is 0.0892. The fourth-order valence-electron chi connectivity index (χ4n) is 1.73. The zero-order valence-corrected chi connectivity index (χ0v) is 11.0. The lowest BCUT2D eigenvalue weighted by molar-refractivity contribution is 0.0902. The molecule has 0 aliphatic carbocycles. The second-order valence-corrected chi connectivity index (χ2v) is 4.05. The van der Waals surface area contributed by atoms with E-state index in [1.807, 2.05) is 0 Å². The number of nitrogens with zero attached hydrogens (tertiary/aromatic N) is 1. The van der Waals surface area contributed by atoms with E-state index in [-0.39, 0.29) is 18.2 Å². The second-order valence-electron chi connectivity index (χ2n) is 4.05. The number of hydrogen-bond donors (Lipinski definition) is 1. The number of para-hydroxylation sites is 1. The summed E-state index contributed by atoms with van der Waals surface area (Å²) in [5.74, 6) is -0.0471. The van der Waals surface area contributed by atoms with Crippen LogP contribution in [-0.4, -0.2) is 30.3 Å². The fraction of sp³-hybridized carbons (Fsp3) is 0.133. The zero-order chi connectivity index (χ0) is 14.4. The van der Waals surface area contributed by atoms with E-state index in [0.29, 0.717) is 16.9 Å². The molecule has 5 heteroatoms. The van der Waals surface area contributed by atoms with E-state index in [9.17, 15) is 9.59 Å². The third-order valence-electron chi connectivity index (χ3n) is 2.74. The lowest BCUT2D eigenvalue weighted by Crippen LogP contribution is -2.29. The highest BCUT2D eigenvalue weighted by atomic mass is 16.5. The van der Waals surface area contributed by atoms with Gasteiger partial charge in [0.2, 0.25) is 0 Å². The van der Waals surface area contributed by atoms with E-state index in [2.05, 4.69) is 10.3 Å². The van der Waals surface area contributed by atoms with Gasteiger partial charge in [-0.1, -0.05) is 12.1 Å². The number of methoxy groups -OCH3 is 1. The predicted octanol–water partition coefficient (Wildman–Crippen LogP) is 1.70. The molecule has 1 N–H and O–H groups in total. The summed E-state index contributed by atoms with van der Waals surface area (Å²) < 4.78 is 5.11. The first-order valence-electron chi connectivity index (χ1n) is 6.07. The van der Waals surface area contributed by atoms with Crippen molar-refractivity contribution in [2.45, 2.75) is 0 Å². The molecule has 0 aliphatic heterocycles. The Labute approximate surface area is 116 Å². The molecule has 1 amide bonds. The molecule has 0 unspecified atom stereocenters.